The van der Waals surface area contributed by atoms with Crippen LogP contribution in [0.4, 0.5) is 4.39 Å². The molecule has 0 radical (unpaired) electrons. The number of rotatable bonds is 5. The van der Waals surface area contributed by atoms with Gasteiger partial charge in [-0.25, -0.2) is 9.07 Å². The third kappa shape index (κ3) is 3.37. The van der Waals surface area contributed by atoms with Gasteiger partial charge in [0.2, 0.25) is 0 Å². The van der Waals surface area contributed by atoms with Crippen molar-refractivity contribution in [3.05, 3.63) is 82.0 Å². The summed E-state index contributed by atoms with van der Waals surface area (Å²) in [6.45, 7) is 0.106. The lowest BCUT2D eigenvalue weighted by Gasteiger charge is -2.10. The van der Waals surface area contributed by atoms with Gasteiger partial charge in [-0.2, -0.15) is 5.10 Å². The fraction of sp³-hybridized carbons (Fsp3) is 0.0952. The Bertz CT molecular complexity index is 1290. The Morgan fingerprint density at radius 3 is 2.70 bits per heavy atom. The summed E-state index contributed by atoms with van der Waals surface area (Å²) in [5.41, 5.74) is 0.187. The number of halogens is 1. The molecule has 0 bridgehead atoms. The van der Waals surface area contributed by atoms with E-state index in [4.69, 9.17) is 4.74 Å². The van der Waals surface area contributed by atoms with Gasteiger partial charge in [-0.3, -0.25) is 9.59 Å². The predicted octanol–water partition coefficient (Wildman–Crippen LogP) is 2.50. The third-order valence-corrected chi connectivity index (χ3v) is 4.65. The number of ether oxygens (including phenoxy) is 1. The van der Waals surface area contributed by atoms with Crippen molar-refractivity contribution in [1.82, 2.24) is 20.1 Å². The summed E-state index contributed by atoms with van der Waals surface area (Å²) < 4.78 is 19.8. The predicted molar refractivity (Wildman–Crippen MR) is 107 cm³/mol. The molecular weight excluding hydrogens is 391 g/mol. The fourth-order valence-corrected chi connectivity index (χ4v) is 3.16. The average Bonchev–Trinajstić information content (AvgIpc) is 3.17. The van der Waals surface area contributed by atoms with Crippen molar-refractivity contribution in [3.63, 3.8) is 0 Å². The highest BCUT2D eigenvalue weighted by atomic mass is 19.1. The molecule has 0 spiro atoms. The van der Waals surface area contributed by atoms with Gasteiger partial charge in [-0.1, -0.05) is 18.2 Å². The van der Waals surface area contributed by atoms with Crippen LogP contribution in [0.3, 0.4) is 0 Å². The number of hydrogen-bond acceptors (Lipinski definition) is 5. The quantitative estimate of drug-likeness (QED) is 0.470. The number of methoxy groups -OCH3 is 1. The first kappa shape index (κ1) is 19.2. The molecule has 152 valence electrons. The van der Waals surface area contributed by atoms with E-state index in [-0.39, 0.29) is 17.6 Å². The number of para-hydroxylation sites is 1. The number of aromatic nitrogens is 3. The van der Waals surface area contributed by atoms with E-state index < -0.39 is 28.6 Å². The SMILES string of the molecule is COc1ccccc1CNC(=O)c1c(O)c2cnn(-c3ccc(F)cc3)c2[nH]c1=O. The van der Waals surface area contributed by atoms with Crippen LogP contribution in [0, 0.1) is 5.82 Å². The number of aromatic amines is 1. The summed E-state index contributed by atoms with van der Waals surface area (Å²) in [6.07, 6.45) is 1.32. The maximum atomic E-state index is 13.2. The lowest BCUT2D eigenvalue weighted by Crippen LogP contribution is -2.29. The van der Waals surface area contributed by atoms with E-state index in [0.29, 0.717) is 11.4 Å². The van der Waals surface area contributed by atoms with Crippen molar-refractivity contribution in [2.45, 2.75) is 6.54 Å². The first-order valence-corrected chi connectivity index (χ1v) is 8.98. The number of nitrogens with zero attached hydrogens (tertiary/aromatic N) is 2. The standard InChI is InChI=1S/C21H17FN4O4/c1-30-16-5-3-2-4-12(16)10-23-20(28)17-18(27)15-11-24-26(19(15)25-21(17)29)14-8-6-13(22)7-9-14/h2-9,11H,10H2,1H3,(H,23,28)(H2,25,27,29). The van der Waals surface area contributed by atoms with Gasteiger partial charge < -0.3 is 20.1 Å². The highest BCUT2D eigenvalue weighted by Crippen LogP contribution is 2.26. The van der Waals surface area contributed by atoms with E-state index in [9.17, 15) is 19.1 Å². The number of H-pyrrole nitrogens is 1. The van der Waals surface area contributed by atoms with Gasteiger partial charge in [0.15, 0.2) is 0 Å². The number of benzene rings is 2. The number of nitrogens with one attached hydrogen (secondary N) is 2. The minimum atomic E-state index is -0.776. The second-order valence-electron chi connectivity index (χ2n) is 6.47. The maximum absolute atomic E-state index is 13.2. The van der Waals surface area contributed by atoms with Crippen molar-refractivity contribution in [2.75, 3.05) is 7.11 Å². The van der Waals surface area contributed by atoms with Crippen LogP contribution >= 0.6 is 0 Å². The Balaban J connectivity index is 1.67. The molecule has 4 aromatic rings. The van der Waals surface area contributed by atoms with Crippen LogP contribution in [0.5, 0.6) is 11.5 Å². The average molecular weight is 408 g/mol. The Morgan fingerprint density at radius 2 is 1.97 bits per heavy atom. The van der Waals surface area contributed by atoms with E-state index >= 15 is 0 Å². The number of aromatic hydroxyl groups is 1. The molecule has 0 saturated heterocycles. The molecule has 9 heteroatoms. The minimum Gasteiger partial charge on any atom is -0.506 e. The molecule has 0 atom stereocenters. The Labute approximate surface area is 169 Å². The zero-order chi connectivity index (χ0) is 21.3. The Morgan fingerprint density at radius 1 is 1.23 bits per heavy atom. The van der Waals surface area contributed by atoms with Gasteiger partial charge in [0.25, 0.3) is 11.5 Å². The number of carbonyl (C=O) groups is 1. The van der Waals surface area contributed by atoms with E-state index in [1.54, 1.807) is 24.3 Å². The van der Waals surface area contributed by atoms with Crippen molar-refractivity contribution in [1.29, 1.82) is 0 Å². The van der Waals surface area contributed by atoms with Crippen molar-refractivity contribution in [3.8, 4) is 17.2 Å². The number of hydrogen-bond donors (Lipinski definition) is 3. The lowest BCUT2D eigenvalue weighted by atomic mass is 10.1. The van der Waals surface area contributed by atoms with Crippen LogP contribution in [0.15, 0.2) is 59.5 Å². The van der Waals surface area contributed by atoms with E-state index in [0.717, 1.165) is 5.56 Å². The van der Waals surface area contributed by atoms with Gasteiger partial charge in [-0.15, -0.1) is 0 Å². The summed E-state index contributed by atoms with van der Waals surface area (Å²) in [7, 11) is 1.52. The number of amides is 1. The van der Waals surface area contributed by atoms with Crippen LogP contribution in [0.1, 0.15) is 15.9 Å². The van der Waals surface area contributed by atoms with E-state index in [1.807, 2.05) is 0 Å². The van der Waals surface area contributed by atoms with Crippen molar-refractivity contribution >= 4 is 16.9 Å². The van der Waals surface area contributed by atoms with Gasteiger partial charge in [0, 0.05) is 12.1 Å². The summed E-state index contributed by atoms with van der Waals surface area (Å²) in [5.74, 6) is -1.05. The van der Waals surface area contributed by atoms with Gasteiger partial charge in [0.05, 0.1) is 24.4 Å². The van der Waals surface area contributed by atoms with Crippen LogP contribution in [0.25, 0.3) is 16.7 Å². The molecule has 0 aliphatic heterocycles. The van der Waals surface area contributed by atoms with Gasteiger partial charge in [0.1, 0.15) is 28.5 Å². The highest BCUT2D eigenvalue weighted by Gasteiger charge is 2.22. The van der Waals surface area contributed by atoms with E-state index in [2.05, 4.69) is 15.4 Å². The first-order valence-electron chi connectivity index (χ1n) is 8.98. The third-order valence-electron chi connectivity index (χ3n) is 4.65. The van der Waals surface area contributed by atoms with Crippen LogP contribution in [-0.2, 0) is 6.54 Å². The van der Waals surface area contributed by atoms with Crippen molar-refractivity contribution in [2.24, 2.45) is 0 Å². The first-order chi connectivity index (χ1) is 14.5. The zero-order valence-electron chi connectivity index (χ0n) is 15.8. The molecule has 4 rings (SSSR count). The van der Waals surface area contributed by atoms with Gasteiger partial charge >= 0.3 is 0 Å². The lowest BCUT2D eigenvalue weighted by molar-refractivity contribution is 0.0946. The maximum Gasteiger partial charge on any atom is 0.266 e. The highest BCUT2D eigenvalue weighted by molar-refractivity contribution is 6.01. The minimum absolute atomic E-state index is 0.106. The molecule has 30 heavy (non-hydrogen) atoms. The topological polar surface area (TPSA) is 109 Å². The fourth-order valence-electron chi connectivity index (χ4n) is 3.16. The monoisotopic (exact) mass is 408 g/mol. The molecule has 0 saturated carbocycles. The number of carbonyl (C=O) groups excluding carboxylic acids is 1. The zero-order valence-corrected chi connectivity index (χ0v) is 15.8. The van der Waals surface area contributed by atoms with Crippen LogP contribution < -0.4 is 15.6 Å². The molecule has 1 amide bonds. The molecule has 2 aromatic heterocycles. The molecule has 8 nitrogen and oxygen atoms in total. The largest absolute Gasteiger partial charge is 0.506 e. The Kier molecular flexibility index (Phi) is 4.93. The molecule has 3 N–H and O–H groups in total. The smallest absolute Gasteiger partial charge is 0.266 e. The second kappa shape index (κ2) is 7.70. The van der Waals surface area contributed by atoms with Gasteiger partial charge in [-0.05, 0) is 30.3 Å². The number of fused-ring (bicyclic) bond motifs is 1. The molecular formula is C21H17FN4O4. The van der Waals surface area contributed by atoms with Crippen LogP contribution in [-0.4, -0.2) is 32.9 Å². The van der Waals surface area contributed by atoms with E-state index in [1.165, 1.54) is 42.3 Å². The number of pyridine rings is 1. The second-order valence-corrected chi connectivity index (χ2v) is 6.47. The normalized spacial score (nSPS) is 10.9. The molecule has 2 heterocycles. The van der Waals surface area contributed by atoms with Crippen LogP contribution in [0.2, 0.25) is 0 Å². The molecule has 0 unspecified atom stereocenters. The Hall–Kier alpha value is -4.14. The molecule has 0 aliphatic carbocycles. The summed E-state index contributed by atoms with van der Waals surface area (Å²) in [6, 6.07) is 12.6. The molecule has 0 fully saturated rings. The molecule has 0 aliphatic rings. The van der Waals surface area contributed by atoms with Crippen molar-refractivity contribution < 1.29 is 19.0 Å². The summed E-state index contributed by atoms with van der Waals surface area (Å²) >= 11 is 0. The summed E-state index contributed by atoms with van der Waals surface area (Å²) in [4.78, 5) is 27.7. The molecule has 2 aromatic carbocycles. The summed E-state index contributed by atoms with van der Waals surface area (Å²) in [5, 5.41) is 17.5.